The molecule has 4 rings (SSSR count). The number of rotatable bonds is 8. The predicted molar refractivity (Wildman–Crippen MR) is 120 cm³/mol. The second-order valence-electron chi connectivity index (χ2n) is 8.31. The summed E-state index contributed by atoms with van der Waals surface area (Å²) in [6.45, 7) is 3.15. The van der Waals surface area contributed by atoms with E-state index in [0.717, 1.165) is 62.4 Å². The summed E-state index contributed by atoms with van der Waals surface area (Å²) in [5.74, 6) is 1.64. The number of benzene rings is 2. The summed E-state index contributed by atoms with van der Waals surface area (Å²) in [6.07, 6.45) is 6.98. The van der Waals surface area contributed by atoms with E-state index in [4.69, 9.17) is 9.47 Å². The first-order valence-electron chi connectivity index (χ1n) is 11.1. The zero-order chi connectivity index (χ0) is 20.8. The maximum Gasteiger partial charge on any atom is 0.163 e. The zero-order valence-electron chi connectivity index (χ0n) is 17.8. The van der Waals surface area contributed by atoms with Crippen molar-refractivity contribution in [3.63, 3.8) is 0 Å². The molecule has 30 heavy (non-hydrogen) atoms. The highest BCUT2D eigenvalue weighted by Crippen LogP contribution is 2.35. The Labute approximate surface area is 179 Å². The van der Waals surface area contributed by atoms with Crippen LogP contribution in [0.4, 0.5) is 5.69 Å². The highest BCUT2D eigenvalue weighted by Gasteiger charge is 2.28. The number of nitrogens with zero attached hydrogens (tertiary/aromatic N) is 2. The van der Waals surface area contributed by atoms with Gasteiger partial charge in [0.2, 0.25) is 0 Å². The summed E-state index contributed by atoms with van der Waals surface area (Å²) in [7, 11) is 1.70. The van der Waals surface area contributed by atoms with E-state index in [2.05, 4.69) is 46.2 Å². The third kappa shape index (κ3) is 4.96. The molecule has 2 aromatic carbocycles. The number of aldehydes is 1. The molecule has 2 aliphatic rings. The molecule has 0 amide bonds. The lowest BCUT2D eigenvalue weighted by Crippen LogP contribution is -2.54. The SMILES string of the molecule is COc1ccc(N2CCN(CC=O)[C@@H](Cc3ccccc3)C2)cc1OC1CCCC1. The summed E-state index contributed by atoms with van der Waals surface area (Å²) in [6, 6.07) is 17.1. The van der Waals surface area contributed by atoms with Gasteiger partial charge in [0, 0.05) is 37.4 Å². The molecule has 2 aromatic rings. The van der Waals surface area contributed by atoms with Crippen LogP contribution in [0.5, 0.6) is 11.5 Å². The zero-order valence-corrected chi connectivity index (χ0v) is 17.8. The summed E-state index contributed by atoms with van der Waals surface area (Å²) >= 11 is 0. The van der Waals surface area contributed by atoms with Gasteiger partial charge in [-0.05, 0) is 49.8 Å². The van der Waals surface area contributed by atoms with Crippen LogP contribution in [0, 0.1) is 0 Å². The Hall–Kier alpha value is -2.53. The average Bonchev–Trinajstić information content (AvgIpc) is 3.29. The smallest absolute Gasteiger partial charge is 0.163 e. The molecule has 0 radical (unpaired) electrons. The van der Waals surface area contributed by atoms with Crippen molar-refractivity contribution >= 4 is 12.0 Å². The average molecular weight is 409 g/mol. The molecule has 5 heteroatoms. The second kappa shape index (κ2) is 9.98. The van der Waals surface area contributed by atoms with Gasteiger partial charge >= 0.3 is 0 Å². The molecule has 2 fully saturated rings. The molecule has 0 N–H and O–H groups in total. The van der Waals surface area contributed by atoms with Crippen molar-refractivity contribution < 1.29 is 14.3 Å². The molecule has 1 atom stereocenters. The van der Waals surface area contributed by atoms with Gasteiger partial charge in [0.1, 0.15) is 6.29 Å². The van der Waals surface area contributed by atoms with Crippen LogP contribution in [-0.4, -0.2) is 56.6 Å². The first kappa shape index (κ1) is 20.7. The molecule has 5 nitrogen and oxygen atoms in total. The third-order valence-corrected chi connectivity index (χ3v) is 6.34. The maximum absolute atomic E-state index is 11.2. The Morgan fingerprint density at radius 3 is 2.57 bits per heavy atom. The summed E-state index contributed by atoms with van der Waals surface area (Å²) < 4.78 is 11.9. The van der Waals surface area contributed by atoms with Gasteiger partial charge in [-0.25, -0.2) is 0 Å². The Morgan fingerprint density at radius 1 is 1.03 bits per heavy atom. The van der Waals surface area contributed by atoms with Crippen LogP contribution in [-0.2, 0) is 11.2 Å². The van der Waals surface area contributed by atoms with Gasteiger partial charge in [-0.1, -0.05) is 30.3 Å². The van der Waals surface area contributed by atoms with Crippen LogP contribution in [0.3, 0.4) is 0 Å². The molecule has 0 spiro atoms. The fraction of sp³-hybridized carbons (Fsp3) is 0.480. The predicted octanol–water partition coefficient (Wildman–Crippen LogP) is 3.95. The van der Waals surface area contributed by atoms with Crippen LogP contribution < -0.4 is 14.4 Å². The molecular formula is C25H32N2O3. The minimum absolute atomic E-state index is 0.296. The summed E-state index contributed by atoms with van der Waals surface area (Å²) in [5.41, 5.74) is 2.47. The minimum atomic E-state index is 0.296. The van der Waals surface area contributed by atoms with Gasteiger partial charge in [-0.15, -0.1) is 0 Å². The topological polar surface area (TPSA) is 42.0 Å². The fourth-order valence-electron chi connectivity index (χ4n) is 4.68. The molecule has 1 aliphatic carbocycles. The molecule has 0 bridgehead atoms. The van der Waals surface area contributed by atoms with Gasteiger partial charge in [0.15, 0.2) is 11.5 Å². The summed E-state index contributed by atoms with van der Waals surface area (Å²) in [4.78, 5) is 15.9. The van der Waals surface area contributed by atoms with E-state index in [-0.39, 0.29) is 0 Å². The van der Waals surface area contributed by atoms with E-state index in [1.165, 1.54) is 18.4 Å². The Kier molecular flexibility index (Phi) is 6.90. The molecule has 0 unspecified atom stereocenters. The van der Waals surface area contributed by atoms with E-state index in [0.29, 0.717) is 18.7 Å². The highest BCUT2D eigenvalue weighted by atomic mass is 16.5. The third-order valence-electron chi connectivity index (χ3n) is 6.34. The number of hydrogen-bond donors (Lipinski definition) is 0. The molecule has 1 saturated heterocycles. The van der Waals surface area contributed by atoms with Crippen LogP contribution in [0.25, 0.3) is 0 Å². The van der Waals surface area contributed by atoms with Gasteiger partial charge in [0.25, 0.3) is 0 Å². The number of carbonyl (C=O) groups excluding carboxylic acids is 1. The highest BCUT2D eigenvalue weighted by molar-refractivity contribution is 5.57. The lowest BCUT2D eigenvalue weighted by molar-refractivity contribution is -0.109. The van der Waals surface area contributed by atoms with Gasteiger partial charge in [0.05, 0.1) is 19.8 Å². The molecule has 1 heterocycles. The second-order valence-corrected chi connectivity index (χ2v) is 8.31. The van der Waals surface area contributed by atoms with Crippen molar-refractivity contribution in [2.75, 3.05) is 38.2 Å². The molecule has 160 valence electrons. The van der Waals surface area contributed by atoms with Crippen molar-refractivity contribution in [1.29, 1.82) is 0 Å². The van der Waals surface area contributed by atoms with E-state index >= 15 is 0 Å². The minimum Gasteiger partial charge on any atom is -0.493 e. The largest absolute Gasteiger partial charge is 0.493 e. The standard InChI is InChI=1S/C25H32N2O3/c1-29-24-12-11-21(18-25(24)30-23-9-5-6-10-23)27-14-13-26(15-16-28)22(19-27)17-20-7-3-2-4-8-20/h2-4,7-8,11-12,16,18,22-23H,5-6,9-10,13-15,17,19H2,1H3/t22-/m0/s1. The fourth-order valence-corrected chi connectivity index (χ4v) is 4.68. The maximum atomic E-state index is 11.2. The lowest BCUT2D eigenvalue weighted by Gasteiger charge is -2.42. The van der Waals surface area contributed by atoms with Crippen molar-refractivity contribution in [3.05, 3.63) is 54.1 Å². The van der Waals surface area contributed by atoms with Crippen molar-refractivity contribution in [3.8, 4) is 11.5 Å². The van der Waals surface area contributed by atoms with Crippen LogP contribution in [0.1, 0.15) is 31.2 Å². The van der Waals surface area contributed by atoms with Crippen molar-refractivity contribution in [2.24, 2.45) is 0 Å². The van der Waals surface area contributed by atoms with Crippen LogP contribution >= 0.6 is 0 Å². The monoisotopic (exact) mass is 408 g/mol. The Morgan fingerprint density at radius 2 is 1.83 bits per heavy atom. The number of anilines is 1. The number of ether oxygens (including phenoxy) is 2. The number of carbonyl (C=O) groups is 1. The van der Waals surface area contributed by atoms with E-state index in [1.807, 2.05) is 12.1 Å². The quantitative estimate of drug-likeness (QED) is 0.619. The van der Waals surface area contributed by atoms with E-state index < -0.39 is 0 Å². The Bertz CT molecular complexity index is 820. The molecule has 1 aliphatic heterocycles. The number of piperazine rings is 1. The number of methoxy groups -OCH3 is 1. The van der Waals surface area contributed by atoms with Gasteiger partial charge < -0.3 is 19.2 Å². The number of hydrogen-bond acceptors (Lipinski definition) is 5. The normalized spacial score (nSPS) is 20.3. The van der Waals surface area contributed by atoms with Crippen LogP contribution in [0.15, 0.2) is 48.5 Å². The summed E-state index contributed by atoms with van der Waals surface area (Å²) in [5, 5.41) is 0. The lowest BCUT2D eigenvalue weighted by atomic mass is 10.0. The van der Waals surface area contributed by atoms with E-state index in [9.17, 15) is 4.79 Å². The van der Waals surface area contributed by atoms with Crippen LogP contribution in [0.2, 0.25) is 0 Å². The van der Waals surface area contributed by atoms with Crippen molar-refractivity contribution in [2.45, 2.75) is 44.2 Å². The van der Waals surface area contributed by atoms with Crippen molar-refractivity contribution in [1.82, 2.24) is 4.90 Å². The Balaban J connectivity index is 1.51. The first-order valence-corrected chi connectivity index (χ1v) is 11.1. The van der Waals surface area contributed by atoms with Gasteiger partial charge in [-0.3, -0.25) is 4.90 Å². The molecular weight excluding hydrogens is 376 g/mol. The van der Waals surface area contributed by atoms with E-state index in [1.54, 1.807) is 7.11 Å². The molecule has 0 aromatic heterocycles. The van der Waals surface area contributed by atoms with Gasteiger partial charge in [-0.2, -0.15) is 0 Å². The molecule has 1 saturated carbocycles. The first-order chi connectivity index (χ1) is 14.8.